The number of amidine groups is 1. The fraction of sp³-hybridized carbons (Fsp3) is 0.348. The van der Waals surface area contributed by atoms with Crippen LogP contribution in [0.1, 0.15) is 41.0 Å². The molecule has 1 fully saturated rings. The Balaban J connectivity index is 1.35. The summed E-state index contributed by atoms with van der Waals surface area (Å²) in [5.41, 5.74) is 5.22. The first-order chi connectivity index (χ1) is 17.1. The van der Waals surface area contributed by atoms with Crippen LogP contribution in [0.2, 0.25) is 0 Å². The molecule has 36 heavy (non-hydrogen) atoms. The molecule has 1 saturated carbocycles. The van der Waals surface area contributed by atoms with E-state index < -0.39 is 34.4 Å². The van der Waals surface area contributed by atoms with Crippen molar-refractivity contribution in [3.8, 4) is 5.88 Å². The van der Waals surface area contributed by atoms with E-state index in [1.807, 2.05) is 0 Å². The van der Waals surface area contributed by atoms with Crippen LogP contribution in [0.25, 0.3) is 0 Å². The van der Waals surface area contributed by atoms with Crippen molar-refractivity contribution in [2.24, 2.45) is 16.6 Å². The number of aryl methyl sites for hydroxylation is 1. The van der Waals surface area contributed by atoms with Crippen LogP contribution in [-0.2, 0) is 12.1 Å². The van der Waals surface area contributed by atoms with Crippen molar-refractivity contribution in [1.82, 2.24) is 15.0 Å². The van der Waals surface area contributed by atoms with E-state index >= 15 is 0 Å². The molecule has 13 heteroatoms. The van der Waals surface area contributed by atoms with E-state index in [0.717, 1.165) is 17.8 Å². The Kier molecular flexibility index (Phi) is 5.89. The molecule has 0 saturated heterocycles. The van der Waals surface area contributed by atoms with Gasteiger partial charge in [0.15, 0.2) is 11.8 Å². The molecule has 2 aromatic heterocycles. The number of nitrogens with one attached hydrogen (secondary N) is 1. The topological polar surface area (TPSA) is 129 Å². The molecule has 1 aliphatic heterocycles. The molecule has 3 aromatic rings. The van der Waals surface area contributed by atoms with Gasteiger partial charge >= 0.3 is 0 Å². The number of carbonyl (C=O) groups is 1. The van der Waals surface area contributed by atoms with Crippen LogP contribution in [0, 0.1) is 18.7 Å². The molecule has 0 unspecified atom stereocenters. The number of ether oxygens (including phenoxy) is 1. The van der Waals surface area contributed by atoms with Gasteiger partial charge in [0.25, 0.3) is 12.3 Å². The number of anilines is 1. The lowest BCUT2D eigenvalue weighted by atomic mass is 9.85. The zero-order chi connectivity index (χ0) is 25.7. The number of alkyl halides is 2. The van der Waals surface area contributed by atoms with Crippen molar-refractivity contribution in [3.63, 3.8) is 0 Å². The standard InChI is InChI=1S/C23H21F3N6O3S/c1-11-18(29-9-16(30-11)35-10-17-28-5-6-34-17)19(33)31-12-3-4-14(24)13(7-12)22(2)15-8-23(15,20(25)26)36-21(27)32-22/h3-7,9,15,20H,8,10H2,1-2H3,(H2,27,32)(H,31,33)/t15-,22-,23-/m0/s1. The van der Waals surface area contributed by atoms with Crippen LogP contribution in [-0.4, -0.2) is 37.2 Å². The molecular formula is C23H21F3N6O3S. The summed E-state index contributed by atoms with van der Waals surface area (Å²) in [6.45, 7) is 3.22. The first-order valence-corrected chi connectivity index (χ1v) is 11.7. The van der Waals surface area contributed by atoms with Gasteiger partial charge in [-0.25, -0.2) is 28.1 Å². The number of rotatable bonds is 7. The summed E-state index contributed by atoms with van der Waals surface area (Å²) in [6.07, 6.45) is 1.72. The molecular weight excluding hydrogens is 497 g/mol. The van der Waals surface area contributed by atoms with Crippen molar-refractivity contribution < 1.29 is 27.1 Å². The van der Waals surface area contributed by atoms with Crippen molar-refractivity contribution in [3.05, 3.63) is 65.5 Å². The van der Waals surface area contributed by atoms with Gasteiger partial charge in [0.2, 0.25) is 11.8 Å². The van der Waals surface area contributed by atoms with Crippen molar-refractivity contribution in [2.75, 3.05) is 5.32 Å². The number of benzene rings is 1. The molecule has 188 valence electrons. The van der Waals surface area contributed by atoms with E-state index in [1.165, 1.54) is 30.8 Å². The van der Waals surface area contributed by atoms with Gasteiger partial charge < -0.3 is 20.2 Å². The second kappa shape index (κ2) is 8.80. The number of carbonyl (C=O) groups excluding carboxylic acids is 1. The van der Waals surface area contributed by atoms with Crippen LogP contribution in [0.15, 0.2) is 46.3 Å². The maximum atomic E-state index is 14.9. The lowest BCUT2D eigenvalue weighted by Gasteiger charge is -2.34. The summed E-state index contributed by atoms with van der Waals surface area (Å²) >= 11 is 0.843. The smallest absolute Gasteiger partial charge is 0.276 e. The first kappa shape index (κ1) is 24.1. The molecule has 1 aromatic carbocycles. The minimum absolute atomic E-state index is 0.0172. The minimum Gasteiger partial charge on any atom is -0.467 e. The highest BCUT2D eigenvalue weighted by atomic mass is 32.2. The summed E-state index contributed by atoms with van der Waals surface area (Å²) in [6, 6.07) is 3.92. The molecule has 0 spiro atoms. The summed E-state index contributed by atoms with van der Waals surface area (Å²) in [5.74, 6) is -1.27. The number of aliphatic imine (C=N–C) groups is 1. The average molecular weight is 519 g/mol. The number of halogens is 3. The van der Waals surface area contributed by atoms with E-state index in [2.05, 4.69) is 25.3 Å². The molecule has 0 bridgehead atoms. The predicted octanol–water partition coefficient (Wildman–Crippen LogP) is 4.04. The number of fused-ring (bicyclic) bond motifs is 1. The van der Waals surface area contributed by atoms with E-state index in [9.17, 15) is 18.0 Å². The quantitative estimate of drug-likeness (QED) is 0.480. The maximum Gasteiger partial charge on any atom is 0.276 e. The number of hydrogen-bond acceptors (Lipinski definition) is 9. The largest absolute Gasteiger partial charge is 0.467 e. The van der Waals surface area contributed by atoms with E-state index in [4.69, 9.17) is 14.9 Å². The molecule has 3 atom stereocenters. The summed E-state index contributed by atoms with van der Waals surface area (Å²) < 4.78 is 51.7. The fourth-order valence-electron chi connectivity index (χ4n) is 4.50. The van der Waals surface area contributed by atoms with Gasteiger partial charge in [0, 0.05) is 17.2 Å². The van der Waals surface area contributed by atoms with Gasteiger partial charge in [-0.2, -0.15) is 0 Å². The first-order valence-electron chi connectivity index (χ1n) is 10.9. The monoisotopic (exact) mass is 518 g/mol. The van der Waals surface area contributed by atoms with Crippen LogP contribution in [0.3, 0.4) is 0 Å². The normalized spacial score (nSPS) is 24.7. The highest BCUT2D eigenvalue weighted by Crippen LogP contribution is 2.68. The number of aromatic nitrogens is 3. The summed E-state index contributed by atoms with van der Waals surface area (Å²) in [7, 11) is 0. The molecule has 3 N–H and O–H groups in total. The third kappa shape index (κ3) is 4.16. The summed E-state index contributed by atoms with van der Waals surface area (Å²) in [5, 5.41) is 2.64. The zero-order valence-corrected chi connectivity index (χ0v) is 20.0. The SMILES string of the molecule is Cc1nc(OCc2ncco2)cnc1C(=O)Nc1ccc(F)c([C@]2(C)N=C(N)S[C@@]3(C(F)F)C[C@@H]23)c1. The predicted molar refractivity (Wildman–Crippen MR) is 125 cm³/mol. The molecule has 1 aliphatic carbocycles. The number of nitrogens with two attached hydrogens (primary N) is 1. The summed E-state index contributed by atoms with van der Waals surface area (Å²) in [4.78, 5) is 29.5. The maximum absolute atomic E-state index is 14.9. The number of oxazole rings is 1. The Hall–Kier alpha value is -3.61. The number of nitrogens with zero attached hydrogens (tertiary/aromatic N) is 4. The molecule has 1 amide bonds. The number of hydrogen-bond donors (Lipinski definition) is 2. The second-order valence-corrected chi connectivity index (χ2v) is 10.1. The molecule has 9 nitrogen and oxygen atoms in total. The van der Waals surface area contributed by atoms with Gasteiger partial charge in [0.1, 0.15) is 17.8 Å². The minimum atomic E-state index is -2.63. The Morgan fingerprint density at radius 2 is 2.19 bits per heavy atom. The van der Waals surface area contributed by atoms with Gasteiger partial charge in [-0.3, -0.25) is 9.79 Å². The van der Waals surface area contributed by atoms with Crippen LogP contribution in [0.4, 0.5) is 18.9 Å². The Labute approximate surface area is 207 Å². The van der Waals surface area contributed by atoms with E-state index in [-0.39, 0.29) is 41.0 Å². The van der Waals surface area contributed by atoms with Crippen LogP contribution < -0.4 is 15.8 Å². The number of amides is 1. The zero-order valence-electron chi connectivity index (χ0n) is 19.2. The Bertz CT molecular complexity index is 1350. The molecule has 3 heterocycles. The lowest BCUT2D eigenvalue weighted by Crippen LogP contribution is -2.38. The Morgan fingerprint density at radius 1 is 1.39 bits per heavy atom. The van der Waals surface area contributed by atoms with Gasteiger partial charge in [0.05, 0.1) is 28.4 Å². The van der Waals surface area contributed by atoms with E-state index in [1.54, 1.807) is 13.8 Å². The fourth-order valence-corrected chi connectivity index (χ4v) is 5.83. The van der Waals surface area contributed by atoms with Crippen molar-refractivity contribution in [1.29, 1.82) is 0 Å². The van der Waals surface area contributed by atoms with Crippen molar-refractivity contribution >= 4 is 28.5 Å². The molecule has 5 rings (SSSR count). The van der Waals surface area contributed by atoms with Crippen molar-refractivity contribution in [2.45, 2.75) is 43.6 Å². The average Bonchev–Trinajstić information content (AvgIpc) is 3.36. The molecule has 0 radical (unpaired) electrons. The second-order valence-electron chi connectivity index (χ2n) is 8.72. The van der Waals surface area contributed by atoms with Crippen LogP contribution >= 0.6 is 11.8 Å². The highest BCUT2D eigenvalue weighted by molar-refractivity contribution is 8.15. The van der Waals surface area contributed by atoms with Gasteiger partial charge in [-0.15, -0.1) is 0 Å². The highest BCUT2D eigenvalue weighted by Gasteiger charge is 2.71. The van der Waals surface area contributed by atoms with Gasteiger partial charge in [-0.05, 0) is 38.5 Å². The van der Waals surface area contributed by atoms with Crippen LogP contribution in [0.5, 0.6) is 5.88 Å². The third-order valence-electron chi connectivity index (χ3n) is 6.37. The third-order valence-corrected chi connectivity index (χ3v) is 7.68. The van der Waals surface area contributed by atoms with Gasteiger partial charge in [-0.1, -0.05) is 11.8 Å². The molecule has 2 aliphatic rings. The van der Waals surface area contributed by atoms with E-state index in [0.29, 0.717) is 11.6 Å². The number of thioether (sulfide) groups is 1. The Morgan fingerprint density at radius 3 is 2.89 bits per heavy atom. The lowest BCUT2D eigenvalue weighted by molar-refractivity contribution is 0.102.